The molecule has 21 heteroatoms. The van der Waals surface area contributed by atoms with Crippen LogP contribution in [0, 0.1) is 0 Å². The molecular weight excluding hydrogens is 879 g/mol. The van der Waals surface area contributed by atoms with Gasteiger partial charge in [0.15, 0.2) is 11.4 Å². The van der Waals surface area contributed by atoms with Crippen molar-refractivity contribution in [2.45, 2.75) is 26.0 Å². The van der Waals surface area contributed by atoms with Gasteiger partial charge in [-0.05, 0) is 48.2 Å². The zero-order valence-electron chi connectivity index (χ0n) is 37.4. The lowest BCUT2D eigenvalue weighted by molar-refractivity contribution is 0.0801. The van der Waals surface area contributed by atoms with Crippen molar-refractivity contribution in [3.63, 3.8) is 0 Å². The average Bonchev–Trinajstić information content (AvgIpc) is 4.15. The molecule has 0 aliphatic carbocycles. The molecule has 1 unspecified atom stereocenters. The molecule has 3 aromatic carbocycles. The van der Waals surface area contributed by atoms with Crippen LogP contribution in [0.3, 0.4) is 0 Å². The van der Waals surface area contributed by atoms with Crippen molar-refractivity contribution in [1.29, 1.82) is 0 Å². The number of aromatic nitrogens is 7. The first-order chi connectivity index (χ1) is 32.7. The summed E-state index contributed by atoms with van der Waals surface area (Å²) in [7, 11) is 6.55. The molecule has 348 valence electrons. The lowest BCUT2D eigenvalue weighted by atomic mass is 9.87. The van der Waals surface area contributed by atoms with Crippen LogP contribution >= 0.6 is 0 Å². The molecular formula is C47H45N11O10. The molecule has 0 fully saturated rings. The number of carbonyl (C=O) groups excluding carboxylic acids is 3. The zero-order chi connectivity index (χ0) is 48.4. The molecule has 0 radical (unpaired) electrons. The average molecular weight is 924 g/mol. The fourth-order valence-electron chi connectivity index (χ4n) is 8.07. The van der Waals surface area contributed by atoms with Gasteiger partial charge in [-0.15, -0.1) is 0 Å². The summed E-state index contributed by atoms with van der Waals surface area (Å²) in [6, 6.07) is 20.4. The normalized spacial score (nSPS) is 13.1. The predicted molar refractivity (Wildman–Crippen MR) is 247 cm³/mol. The Morgan fingerprint density at radius 2 is 1.46 bits per heavy atom. The third kappa shape index (κ3) is 8.55. The Bertz CT molecular complexity index is 3310. The van der Waals surface area contributed by atoms with E-state index in [0.717, 1.165) is 26.8 Å². The summed E-state index contributed by atoms with van der Waals surface area (Å²) in [6.07, 6.45) is 7.39. The molecule has 6 heterocycles. The Labute approximate surface area is 386 Å². The highest BCUT2D eigenvalue weighted by Crippen LogP contribution is 2.39. The number of benzene rings is 3. The Balaban J connectivity index is 0.000000192. The maximum absolute atomic E-state index is 13.1. The van der Waals surface area contributed by atoms with Crippen molar-refractivity contribution < 1.29 is 38.7 Å². The Morgan fingerprint density at radius 3 is 2.06 bits per heavy atom. The van der Waals surface area contributed by atoms with Crippen molar-refractivity contribution in [2.75, 3.05) is 35.7 Å². The van der Waals surface area contributed by atoms with Crippen LogP contribution in [0.4, 0.5) is 17.3 Å². The minimum absolute atomic E-state index is 0.0907. The molecule has 1 aliphatic heterocycles. The quantitative estimate of drug-likeness (QED) is 0.128. The van der Waals surface area contributed by atoms with Gasteiger partial charge >= 0.3 is 0 Å². The Hall–Kier alpha value is -8.85. The maximum Gasteiger partial charge on any atom is 0.297 e. The number of nitrogens with zero attached hydrogens (tertiary/aromatic N) is 9. The summed E-state index contributed by atoms with van der Waals surface area (Å²) < 4.78 is 13.6. The van der Waals surface area contributed by atoms with Crippen molar-refractivity contribution in [2.24, 2.45) is 21.1 Å². The summed E-state index contributed by atoms with van der Waals surface area (Å²) in [5.74, 6) is -2.81. The van der Waals surface area contributed by atoms with E-state index in [4.69, 9.17) is 4.52 Å². The van der Waals surface area contributed by atoms with E-state index in [9.17, 15) is 39.3 Å². The highest BCUT2D eigenvalue weighted by atomic mass is 16.5. The van der Waals surface area contributed by atoms with E-state index >= 15 is 0 Å². The number of aliphatic hydroxyl groups is 1. The molecule has 21 nitrogen and oxygen atoms in total. The van der Waals surface area contributed by atoms with Crippen LogP contribution in [0.5, 0.6) is 11.5 Å². The smallest absolute Gasteiger partial charge is 0.297 e. The lowest BCUT2D eigenvalue weighted by Gasteiger charge is -2.39. The second-order valence-electron chi connectivity index (χ2n) is 15.8. The van der Waals surface area contributed by atoms with Crippen LogP contribution in [-0.4, -0.2) is 92.1 Å². The SMILES string of the molecule is CCN(C)C(=O)c1ccc2c(c1)C(c1ccccc1)N(c1nc(C(=O)Nc3cnoc3)c(O)c(=O)n1C)CC2.Cn1c(-c2cccc3c2c(CO)cn3C)nc(C(=O)Nc2cnoc2)c(O)c1=O. The van der Waals surface area contributed by atoms with Crippen LogP contribution in [0.2, 0.25) is 0 Å². The van der Waals surface area contributed by atoms with Crippen LogP contribution in [-0.2, 0) is 34.2 Å². The van der Waals surface area contributed by atoms with E-state index in [1.807, 2.05) is 78.0 Å². The van der Waals surface area contributed by atoms with E-state index in [1.165, 1.54) is 43.6 Å². The monoisotopic (exact) mass is 923 g/mol. The number of aryl methyl sites for hydroxylation is 1. The molecule has 1 aliphatic rings. The van der Waals surface area contributed by atoms with Gasteiger partial charge in [0, 0.05) is 75.1 Å². The Kier molecular flexibility index (Phi) is 12.7. The third-order valence-electron chi connectivity index (χ3n) is 11.6. The molecule has 0 saturated heterocycles. The van der Waals surface area contributed by atoms with Gasteiger partial charge < -0.3 is 49.4 Å². The van der Waals surface area contributed by atoms with Crippen LogP contribution in [0.15, 0.2) is 116 Å². The van der Waals surface area contributed by atoms with Gasteiger partial charge in [-0.3, -0.25) is 33.1 Å². The molecule has 5 aromatic heterocycles. The van der Waals surface area contributed by atoms with E-state index in [0.29, 0.717) is 41.6 Å². The number of carbonyl (C=O) groups is 3. The summed E-state index contributed by atoms with van der Waals surface area (Å²) in [5, 5.41) is 43.2. The lowest BCUT2D eigenvalue weighted by Crippen LogP contribution is -2.41. The van der Waals surface area contributed by atoms with E-state index in [-0.39, 0.29) is 35.7 Å². The molecule has 5 N–H and O–H groups in total. The minimum Gasteiger partial charge on any atom is -0.501 e. The largest absolute Gasteiger partial charge is 0.501 e. The number of fused-ring (bicyclic) bond motifs is 2. The van der Waals surface area contributed by atoms with Crippen molar-refractivity contribution in [1.82, 2.24) is 38.9 Å². The zero-order valence-corrected chi connectivity index (χ0v) is 37.4. The third-order valence-corrected chi connectivity index (χ3v) is 11.6. The number of amides is 3. The summed E-state index contributed by atoms with van der Waals surface area (Å²) in [5.41, 5.74) is 3.61. The van der Waals surface area contributed by atoms with Gasteiger partial charge in [-0.1, -0.05) is 58.8 Å². The number of nitrogens with one attached hydrogen (secondary N) is 2. The molecule has 68 heavy (non-hydrogen) atoms. The molecule has 0 saturated carbocycles. The maximum atomic E-state index is 13.1. The van der Waals surface area contributed by atoms with Gasteiger partial charge in [0.25, 0.3) is 28.8 Å². The second kappa shape index (κ2) is 18.9. The fraction of sp³-hybridized carbons (Fsp3) is 0.213. The van der Waals surface area contributed by atoms with E-state index in [1.54, 1.807) is 30.3 Å². The topological polar surface area (TPSA) is 269 Å². The summed E-state index contributed by atoms with van der Waals surface area (Å²) in [4.78, 5) is 76.6. The first kappa shape index (κ1) is 45.7. The van der Waals surface area contributed by atoms with Crippen molar-refractivity contribution in [3.8, 4) is 22.9 Å². The number of aliphatic hydroxyl groups excluding tert-OH is 1. The fourth-order valence-corrected chi connectivity index (χ4v) is 8.07. The Morgan fingerprint density at radius 1 is 0.824 bits per heavy atom. The van der Waals surface area contributed by atoms with Gasteiger partial charge in [-0.2, -0.15) is 0 Å². The minimum atomic E-state index is -0.785. The van der Waals surface area contributed by atoms with Crippen LogP contribution in [0.1, 0.15) is 66.6 Å². The highest BCUT2D eigenvalue weighted by Gasteiger charge is 2.34. The molecule has 1 atom stereocenters. The number of anilines is 3. The van der Waals surface area contributed by atoms with Gasteiger partial charge in [0.1, 0.15) is 29.7 Å². The van der Waals surface area contributed by atoms with Crippen molar-refractivity contribution in [3.05, 3.63) is 158 Å². The second-order valence-corrected chi connectivity index (χ2v) is 15.8. The number of hydrogen-bond donors (Lipinski definition) is 5. The highest BCUT2D eigenvalue weighted by molar-refractivity contribution is 6.06. The van der Waals surface area contributed by atoms with Crippen molar-refractivity contribution >= 4 is 45.9 Å². The molecule has 8 aromatic rings. The van der Waals surface area contributed by atoms with E-state index in [2.05, 4.69) is 35.4 Å². The van der Waals surface area contributed by atoms with Crippen LogP contribution < -0.4 is 26.7 Å². The molecule has 0 bridgehead atoms. The first-order valence-electron chi connectivity index (χ1n) is 21.1. The summed E-state index contributed by atoms with van der Waals surface area (Å²) >= 11 is 0. The molecule has 3 amide bonds. The number of hydrogen-bond acceptors (Lipinski definition) is 15. The van der Waals surface area contributed by atoms with E-state index < -0.39 is 51.9 Å². The first-order valence-corrected chi connectivity index (χ1v) is 21.1. The summed E-state index contributed by atoms with van der Waals surface area (Å²) in [6.45, 7) is 2.76. The number of rotatable bonds is 10. The predicted octanol–water partition coefficient (Wildman–Crippen LogP) is 4.35. The standard InChI is InChI=1S/C28H28N6O5.C19H17N5O5/c1-4-32(2)26(37)19-11-10-17-12-13-34(23(21(17)14-19)18-8-6-5-7-9-18)28-31-22(24(35)27(38)33(28)3)25(36)30-20-15-29-39-16-20;1-23-7-10(8-25)14-12(4-3-5-13(14)23)17-22-15(16(26)19(28)24(17)2)18(27)21-11-6-20-29-9-11/h5-11,14-16,23,35H,4,12-13H2,1-3H3,(H,30,36);3-7,9,25-26H,8H2,1-2H3,(H,21,27). The molecule has 9 rings (SSSR count). The van der Waals surface area contributed by atoms with Crippen LogP contribution in [0.25, 0.3) is 22.3 Å². The number of aromatic hydroxyl groups is 2. The van der Waals surface area contributed by atoms with Gasteiger partial charge in [-0.25, -0.2) is 9.97 Å². The van der Waals surface area contributed by atoms with Gasteiger partial charge in [0.05, 0.1) is 25.0 Å². The molecule has 0 spiro atoms. The van der Waals surface area contributed by atoms with Gasteiger partial charge in [0.2, 0.25) is 17.4 Å².